The fourth-order valence-electron chi connectivity index (χ4n) is 2.74. The van der Waals surface area contributed by atoms with Crippen LogP contribution in [0.2, 0.25) is 0 Å². The number of aromatic nitrogens is 3. The monoisotopic (exact) mass is 300 g/mol. The summed E-state index contributed by atoms with van der Waals surface area (Å²) in [6.45, 7) is 1.90. The molecule has 0 saturated heterocycles. The summed E-state index contributed by atoms with van der Waals surface area (Å²) in [7, 11) is 0. The number of hydrogen-bond acceptors (Lipinski definition) is 3. The Labute approximate surface area is 134 Å². The lowest BCUT2D eigenvalue weighted by molar-refractivity contribution is 1.08. The third kappa shape index (κ3) is 2.55. The van der Waals surface area contributed by atoms with E-state index >= 15 is 0 Å². The Morgan fingerprint density at radius 3 is 2.30 bits per heavy atom. The molecule has 0 saturated carbocycles. The van der Waals surface area contributed by atoms with Crippen molar-refractivity contribution in [1.82, 2.24) is 15.0 Å². The van der Waals surface area contributed by atoms with Gasteiger partial charge < -0.3 is 10.3 Å². The number of aryl methyl sites for hydroxylation is 1. The molecule has 0 radical (unpaired) electrons. The van der Waals surface area contributed by atoms with Gasteiger partial charge in [-0.15, -0.1) is 0 Å². The Bertz CT molecular complexity index is 943. The van der Waals surface area contributed by atoms with E-state index in [1.807, 2.05) is 61.7 Å². The molecule has 0 bridgehead atoms. The molecule has 0 aliphatic carbocycles. The van der Waals surface area contributed by atoms with Crippen LogP contribution in [0, 0.1) is 6.92 Å². The predicted molar refractivity (Wildman–Crippen MR) is 93.8 cm³/mol. The molecule has 0 aliphatic rings. The smallest absolute Gasteiger partial charge is 0.144 e. The van der Waals surface area contributed by atoms with Crippen molar-refractivity contribution in [3.63, 3.8) is 0 Å². The second-order valence-electron chi connectivity index (χ2n) is 5.40. The van der Waals surface area contributed by atoms with Crippen LogP contribution in [0.25, 0.3) is 22.2 Å². The zero-order valence-corrected chi connectivity index (χ0v) is 12.7. The van der Waals surface area contributed by atoms with Gasteiger partial charge in [-0.3, -0.25) is 0 Å². The van der Waals surface area contributed by atoms with Crippen LogP contribution in [0.1, 0.15) is 5.82 Å². The highest BCUT2D eigenvalue weighted by atomic mass is 15.1. The van der Waals surface area contributed by atoms with E-state index in [4.69, 9.17) is 0 Å². The summed E-state index contributed by atoms with van der Waals surface area (Å²) in [5.74, 6) is 1.55. The van der Waals surface area contributed by atoms with Crippen LogP contribution in [0.4, 0.5) is 11.5 Å². The van der Waals surface area contributed by atoms with Crippen molar-refractivity contribution in [2.24, 2.45) is 0 Å². The van der Waals surface area contributed by atoms with E-state index in [1.54, 1.807) is 0 Å². The van der Waals surface area contributed by atoms with Crippen molar-refractivity contribution < 1.29 is 0 Å². The number of hydrogen-bond donors (Lipinski definition) is 2. The van der Waals surface area contributed by atoms with E-state index in [1.165, 1.54) is 0 Å². The van der Waals surface area contributed by atoms with Gasteiger partial charge in [0.2, 0.25) is 0 Å². The van der Waals surface area contributed by atoms with Crippen LogP contribution >= 0.6 is 0 Å². The predicted octanol–water partition coefficient (Wildman–Crippen LogP) is 4.68. The van der Waals surface area contributed by atoms with Crippen LogP contribution in [0.15, 0.2) is 66.9 Å². The number of para-hydroxylation sites is 1. The number of nitrogens with zero attached hydrogens (tertiary/aromatic N) is 2. The number of fused-ring (bicyclic) bond motifs is 1. The van der Waals surface area contributed by atoms with Crippen LogP contribution in [-0.4, -0.2) is 15.0 Å². The Morgan fingerprint density at radius 2 is 1.57 bits per heavy atom. The molecule has 4 rings (SSSR count). The van der Waals surface area contributed by atoms with Gasteiger partial charge in [-0.1, -0.05) is 48.5 Å². The van der Waals surface area contributed by atoms with Gasteiger partial charge in [-0.25, -0.2) is 9.97 Å². The van der Waals surface area contributed by atoms with Crippen molar-refractivity contribution >= 4 is 22.5 Å². The van der Waals surface area contributed by atoms with Crippen molar-refractivity contribution in [2.75, 3.05) is 5.32 Å². The van der Waals surface area contributed by atoms with E-state index in [9.17, 15) is 0 Å². The molecule has 0 amide bonds. The topological polar surface area (TPSA) is 53.6 Å². The average Bonchev–Trinajstić information content (AvgIpc) is 3.00. The minimum absolute atomic E-state index is 0.734. The Balaban J connectivity index is 1.90. The van der Waals surface area contributed by atoms with Crippen molar-refractivity contribution in [3.05, 3.63) is 72.7 Å². The first-order valence-corrected chi connectivity index (χ1v) is 7.54. The molecule has 2 aromatic heterocycles. The molecular formula is C19H16N4. The van der Waals surface area contributed by atoms with Crippen LogP contribution in [-0.2, 0) is 0 Å². The van der Waals surface area contributed by atoms with Gasteiger partial charge in [-0.05, 0) is 24.6 Å². The standard InChI is InChI=1S/C19H16N4/c1-13-21-18-17(16(12-20-18)14-8-4-2-5-9-14)19(22-13)23-15-10-6-3-7-11-15/h2-12H,1H3,(H2,20,21,22,23). The highest BCUT2D eigenvalue weighted by Gasteiger charge is 2.14. The zero-order valence-electron chi connectivity index (χ0n) is 12.7. The lowest BCUT2D eigenvalue weighted by Crippen LogP contribution is -1.98. The quantitative estimate of drug-likeness (QED) is 0.577. The number of nitrogens with one attached hydrogen (secondary N) is 2. The summed E-state index contributed by atoms with van der Waals surface area (Å²) in [6, 6.07) is 20.3. The maximum Gasteiger partial charge on any atom is 0.144 e. The average molecular weight is 300 g/mol. The molecular weight excluding hydrogens is 284 g/mol. The van der Waals surface area contributed by atoms with Gasteiger partial charge in [-0.2, -0.15) is 0 Å². The molecule has 23 heavy (non-hydrogen) atoms. The summed E-state index contributed by atoms with van der Waals surface area (Å²) in [6.07, 6.45) is 1.99. The van der Waals surface area contributed by atoms with E-state index in [2.05, 4.69) is 32.4 Å². The van der Waals surface area contributed by atoms with Crippen molar-refractivity contribution in [1.29, 1.82) is 0 Å². The van der Waals surface area contributed by atoms with E-state index in [0.717, 1.165) is 39.5 Å². The maximum atomic E-state index is 4.61. The first kappa shape index (κ1) is 13.5. The van der Waals surface area contributed by atoms with Gasteiger partial charge in [0.25, 0.3) is 0 Å². The Hall–Kier alpha value is -3.14. The zero-order chi connectivity index (χ0) is 15.6. The van der Waals surface area contributed by atoms with Crippen molar-refractivity contribution in [3.8, 4) is 11.1 Å². The minimum Gasteiger partial charge on any atom is -0.345 e. The number of aromatic amines is 1. The first-order valence-electron chi connectivity index (χ1n) is 7.54. The number of H-pyrrole nitrogens is 1. The lowest BCUT2D eigenvalue weighted by Gasteiger charge is -2.09. The molecule has 2 N–H and O–H groups in total. The van der Waals surface area contributed by atoms with Crippen LogP contribution in [0.5, 0.6) is 0 Å². The van der Waals surface area contributed by atoms with Gasteiger partial charge in [0.1, 0.15) is 17.3 Å². The third-order valence-corrected chi connectivity index (χ3v) is 3.76. The molecule has 2 heterocycles. The van der Waals surface area contributed by atoms with E-state index in [0.29, 0.717) is 0 Å². The maximum absolute atomic E-state index is 4.61. The van der Waals surface area contributed by atoms with Crippen LogP contribution < -0.4 is 5.32 Å². The lowest BCUT2D eigenvalue weighted by atomic mass is 10.1. The minimum atomic E-state index is 0.734. The second kappa shape index (κ2) is 5.57. The summed E-state index contributed by atoms with van der Waals surface area (Å²) in [5, 5.41) is 4.42. The number of benzene rings is 2. The van der Waals surface area contributed by atoms with Crippen molar-refractivity contribution in [2.45, 2.75) is 6.92 Å². The van der Waals surface area contributed by atoms with Gasteiger partial charge in [0.05, 0.1) is 5.39 Å². The fourth-order valence-corrected chi connectivity index (χ4v) is 2.74. The number of rotatable bonds is 3. The molecule has 0 aliphatic heterocycles. The van der Waals surface area contributed by atoms with Gasteiger partial charge in [0, 0.05) is 17.4 Å². The fraction of sp³-hybridized carbons (Fsp3) is 0.0526. The molecule has 0 spiro atoms. The summed E-state index contributed by atoms with van der Waals surface area (Å²) >= 11 is 0. The molecule has 112 valence electrons. The molecule has 4 nitrogen and oxygen atoms in total. The highest BCUT2D eigenvalue weighted by Crippen LogP contribution is 2.33. The number of anilines is 2. The summed E-state index contributed by atoms with van der Waals surface area (Å²) < 4.78 is 0. The SMILES string of the molecule is Cc1nc(Nc2ccccc2)c2c(-c3ccccc3)c[nH]c2n1. The normalized spacial score (nSPS) is 10.8. The second-order valence-corrected chi connectivity index (χ2v) is 5.40. The molecule has 4 aromatic rings. The summed E-state index contributed by atoms with van der Waals surface area (Å²) in [4.78, 5) is 12.4. The van der Waals surface area contributed by atoms with Gasteiger partial charge >= 0.3 is 0 Å². The largest absolute Gasteiger partial charge is 0.345 e. The molecule has 0 unspecified atom stereocenters. The Morgan fingerprint density at radius 1 is 0.870 bits per heavy atom. The third-order valence-electron chi connectivity index (χ3n) is 3.76. The summed E-state index contributed by atoms with van der Waals surface area (Å²) in [5.41, 5.74) is 4.09. The van der Waals surface area contributed by atoms with Crippen LogP contribution in [0.3, 0.4) is 0 Å². The molecule has 4 heteroatoms. The molecule has 0 atom stereocenters. The molecule has 2 aromatic carbocycles. The Kier molecular flexibility index (Phi) is 3.27. The van der Waals surface area contributed by atoms with E-state index < -0.39 is 0 Å². The molecule has 0 fully saturated rings. The van der Waals surface area contributed by atoms with Gasteiger partial charge in [0.15, 0.2) is 0 Å². The highest BCUT2D eigenvalue weighted by molar-refractivity contribution is 6.01. The first-order chi connectivity index (χ1) is 11.3. The van der Waals surface area contributed by atoms with E-state index in [-0.39, 0.29) is 0 Å².